The summed E-state index contributed by atoms with van der Waals surface area (Å²) in [7, 11) is 0. The molecule has 0 saturated carbocycles. The van der Waals surface area contributed by atoms with Gasteiger partial charge in [0, 0.05) is 18.8 Å². The van der Waals surface area contributed by atoms with E-state index >= 15 is 0 Å². The first-order chi connectivity index (χ1) is 8.98. The van der Waals surface area contributed by atoms with Crippen LogP contribution in [-0.2, 0) is 0 Å². The maximum Gasteiger partial charge on any atom is 0.123 e. The van der Waals surface area contributed by atoms with Gasteiger partial charge in [-0.3, -0.25) is 0 Å². The predicted octanol–water partition coefficient (Wildman–Crippen LogP) is 3.81. The highest BCUT2D eigenvalue weighted by Crippen LogP contribution is 2.26. The Morgan fingerprint density at radius 1 is 1.16 bits per heavy atom. The van der Waals surface area contributed by atoms with Gasteiger partial charge in [-0.1, -0.05) is 13.8 Å². The van der Waals surface area contributed by atoms with Gasteiger partial charge in [0.2, 0.25) is 0 Å². The number of hydrogen-bond donors (Lipinski definition) is 1. The van der Waals surface area contributed by atoms with Crippen LogP contribution >= 0.6 is 0 Å². The fourth-order valence-corrected chi connectivity index (χ4v) is 2.39. The van der Waals surface area contributed by atoms with E-state index in [0.29, 0.717) is 5.41 Å². The van der Waals surface area contributed by atoms with E-state index in [9.17, 15) is 4.39 Å². The molecule has 0 aliphatic heterocycles. The Bertz CT molecular complexity index is 360. The highest BCUT2D eigenvalue weighted by molar-refractivity contribution is 5.45. The van der Waals surface area contributed by atoms with Crippen LogP contribution in [0, 0.1) is 11.2 Å². The molecule has 2 N–H and O–H groups in total. The van der Waals surface area contributed by atoms with Crippen molar-refractivity contribution in [2.75, 3.05) is 24.5 Å². The molecule has 0 saturated heterocycles. The quantitative estimate of drug-likeness (QED) is 0.775. The third-order valence-corrected chi connectivity index (χ3v) is 3.68. The maximum atomic E-state index is 12.9. The standard InChI is InChI=1S/C16H27FN2/c1-4-19(15-8-6-14(17)7-9-15)13-5-10-16(2,3)11-12-18/h6-9H,4-5,10-13,18H2,1-3H3. The molecule has 0 radical (unpaired) electrons. The molecular weight excluding hydrogens is 239 g/mol. The molecule has 108 valence electrons. The van der Waals surface area contributed by atoms with Crippen LogP contribution in [0.4, 0.5) is 10.1 Å². The van der Waals surface area contributed by atoms with E-state index in [0.717, 1.165) is 38.2 Å². The summed E-state index contributed by atoms with van der Waals surface area (Å²) in [6.45, 7) is 9.39. The van der Waals surface area contributed by atoms with E-state index < -0.39 is 0 Å². The SMILES string of the molecule is CCN(CCCC(C)(C)CCN)c1ccc(F)cc1. The van der Waals surface area contributed by atoms with E-state index in [1.165, 1.54) is 18.6 Å². The fraction of sp³-hybridized carbons (Fsp3) is 0.625. The molecule has 1 rings (SSSR count). The lowest BCUT2D eigenvalue weighted by molar-refractivity contribution is 0.305. The minimum atomic E-state index is -0.177. The first-order valence-electron chi connectivity index (χ1n) is 7.19. The van der Waals surface area contributed by atoms with Crippen LogP contribution in [0.3, 0.4) is 0 Å². The second kappa shape index (κ2) is 7.49. The molecule has 0 spiro atoms. The van der Waals surface area contributed by atoms with Gasteiger partial charge >= 0.3 is 0 Å². The zero-order valence-electron chi connectivity index (χ0n) is 12.5. The number of rotatable bonds is 8. The number of benzene rings is 1. The summed E-state index contributed by atoms with van der Waals surface area (Å²) in [6.07, 6.45) is 3.37. The summed E-state index contributed by atoms with van der Waals surface area (Å²) in [5, 5.41) is 0. The first kappa shape index (κ1) is 16.0. The smallest absolute Gasteiger partial charge is 0.123 e. The lowest BCUT2D eigenvalue weighted by Crippen LogP contribution is -2.26. The van der Waals surface area contributed by atoms with E-state index in [4.69, 9.17) is 5.73 Å². The van der Waals surface area contributed by atoms with Crippen LogP contribution in [0.15, 0.2) is 24.3 Å². The molecular formula is C16H27FN2. The molecule has 0 aliphatic carbocycles. The number of nitrogens with zero attached hydrogens (tertiary/aromatic N) is 1. The van der Waals surface area contributed by atoms with Gasteiger partial charge < -0.3 is 10.6 Å². The van der Waals surface area contributed by atoms with Crippen LogP contribution in [0.2, 0.25) is 0 Å². The lowest BCUT2D eigenvalue weighted by Gasteiger charge is -2.27. The Balaban J connectivity index is 2.47. The Morgan fingerprint density at radius 3 is 2.32 bits per heavy atom. The minimum absolute atomic E-state index is 0.177. The number of anilines is 1. The Kier molecular flexibility index (Phi) is 6.29. The number of nitrogens with two attached hydrogens (primary N) is 1. The topological polar surface area (TPSA) is 29.3 Å². The molecule has 0 atom stereocenters. The minimum Gasteiger partial charge on any atom is -0.372 e. The van der Waals surface area contributed by atoms with E-state index in [2.05, 4.69) is 25.7 Å². The highest BCUT2D eigenvalue weighted by Gasteiger charge is 2.16. The summed E-state index contributed by atoms with van der Waals surface area (Å²) >= 11 is 0. The second-order valence-electron chi connectivity index (χ2n) is 5.86. The Labute approximate surface area is 116 Å². The molecule has 0 aromatic heterocycles. The van der Waals surface area contributed by atoms with Crippen molar-refractivity contribution in [3.8, 4) is 0 Å². The molecule has 0 unspecified atom stereocenters. The number of hydrogen-bond acceptors (Lipinski definition) is 2. The normalized spacial score (nSPS) is 11.6. The summed E-state index contributed by atoms with van der Waals surface area (Å²) in [5.41, 5.74) is 7.05. The van der Waals surface area contributed by atoms with Crippen molar-refractivity contribution >= 4 is 5.69 Å². The molecule has 0 heterocycles. The van der Waals surface area contributed by atoms with Gasteiger partial charge in [-0.15, -0.1) is 0 Å². The third-order valence-electron chi connectivity index (χ3n) is 3.68. The van der Waals surface area contributed by atoms with Gasteiger partial charge in [-0.25, -0.2) is 4.39 Å². The van der Waals surface area contributed by atoms with Crippen LogP contribution in [0.25, 0.3) is 0 Å². The van der Waals surface area contributed by atoms with Crippen LogP contribution < -0.4 is 10.6 Å². The monoisotopic (exact) mass is 266 g/mol. The third kappa shape index (κ3) is 5.60. The van der Waals surface area contributed by atoms with Crippen molar-refractivity contribution in [1.29, 1.82) is 0 Å². The average molecular weight is 266 g/mol. The van der Waals surface area contributed by atoms with Gasteiger partial charge in [-0.2, -0.15) is 0 Å². The van der Waals surface area contributed by atoms with Crippen molar-refractivity contribution in [2.45, 2.75) is 40.0 Å². The highest BCUT2D eigenvalue weighted by atomic mass is 19.1. The van der Waals surface area contributed by atoms with Crippen molar-refractivity contribution in [3.05, 3.63) is 30.1 Å². The van der Waals surface area contributed by atoms with Crippen molar-refractivity contribution < 1.29 is 4.39 Å². The number of halogens is 1. The molecule has 2 nitrogen and oxygen atoms in total. The summed E-state index contributed by atoms with van der Waals surface area (Å²) in [4.78, 5) is 2.29. The van der Waals surface area contributed by atoms with Crippen molar-refractivity contribution in [2.24, 2.45) is 11.1 Å². The Hall–Kier alpha value is -1.09. The predicted molar refractivity (Wildman–Crippen MR) is 81.0 cm³/mol. The molecule has 3 heteroatoms. The van der Waals surface area contributed by atoms with Gasteiger partial charge in [-0.05, 0) is 62.4 Å². The molecule has 0 bridgehead atoms. The summed E-state index contributed by atoms with van der Waals surface area (Å²) in [5.74, 6) is -0.177. The van der Waals surface area contributed by atoms with Gasteiger partial charge in [0.25, 0.3) is 0 Å². The van der Waals surface area contributed by atoms with Crippen molar-refractivity contribution in [3.63, 3.8) is 0 Å². The van der Waals surface area contributed by atoms with Crippen LogP contribution in [0.1, 0.15) is 40.0 Å². The largest absolute Gasteiger partial charge is 0.372 e. The fourth-order valence-electron chi connectivity index (χ4n) is 2.39. The lowest BCUT2D eigenvalue weighted by atomic mass is 9.84. The van der Waals surface area contributed by atoms with Crippen LogP contribution in [-0.4, -0.2) is 19.6 Å². The molecule has 19 heavy (non-hydrogen) atoms. The molecule has 1 aromatic rings. The van der Waals surface area contributed by atoms with Crippen LogP contribution in [0.5, 0.6) is 0 Å². The summed E-state index contributed by atoms with van der Waals surface area (Å²) in [6, 6.07) is 6.75. The second-order valence-corrected chi connectivity index (χ2v) is 5.86. The van der Waals surface area contributed by atoms with E-state index in [1.54, 1.807) is 0 Å². The summed E-state index contributed by atoms with van der Waals surface area (Å²) < 4.78 is 12.9. The molecule has 0 fully saturated rings. The van der Waals surface area contributed by atoms with Gasteiger partial charge in [0.15, 0.2) is 0 Å². The Morgan fingerprint density at radius 2 is 1.79 bits per heavy atom. The van der Waals surface area contributed by atoms with Gasteiger partial charge in [0.05, 0.1) is 0 Å². The maximum absolute atomic E-state index is 12.9. The van der Waals surface area contributed by atoms with Gasteiger partial charge in [0.1, 0.15) is 5.82 Å². The zero-order valence-corrected chi connectivity index (χ0v) is 12.5. The molecule has 0 aliphatic rings. The van der Waals surface area contributed by atoms with E-state index in [-0.39, 0.29) is 5.82 Å². The average Bonchev–Trinajstić information content (AvgIpc) is 2.36. The van der Waals surface area contributed by atoms with E-state index in [1.807, 2.05) is 12.1 Å². The zero-order chi connectivity index (χ0) is 14.3. The van der Waals surface area contributed by atoms with Crippen molar-refractivity contribution in [1.82, 2.24) is 0 Å². The first-order valence-corrected chi connectivity index (χ1v) is 7.19. The molecule has 1 aromatic carbocycles. The molecule has 0 amide bonds.